The summed E-state index contributed by atoms with van der Waals surface area (Å²) >= 11 is 1.53. The van der Waals surface area contributed by atoms with Gasteiger partial charge in [0.2, 0.25) is 0 Å². The molecule has 0 atom stereocenters. The molecule has 0 aliphatic heterocycles. The van der Waals surface area contributed by atoms with Crippen molar-refractivity contribution in [1.29, 1.82) is 0 Å². The third-order valence-electron chi connectivity index (χ3n) is 1.07. The maximum absolute atomic E-state index is 5.06. The standard InChI is InChI=1S/C6H9NOS/c1-3-5-4-8-6(7-5)9-2/h4H,3H2,1-2H3. The van der Waals surface area contributed by atoms with Crippen LogP contribution >= 0.6 is 11.8 Å². The van der Waals surface area contributed by atoms with Gasteiger partial charge in [-0.2, -0.15) is 0 Å². The number of hydrogen-bond acceptors (Lipinski definition) is 3. The van der Waals surface area contributed by atoms with Crippen molar-refractivity contribution in [2.24, 2.45) is 0 Å². The van der Waals surface area contributed by atoms with Crippen molar-refractivity contribution in [3.05, 3.63) is 12.0 Å². The van der Waals surface area contributed by atoms with Crippen molar-refractivity contribution < 1.29 is 4.42 Å². The molecule has 2 nitrogen and oxygen atoms in total. The summed E-state index contributed by atoms with van der Waals surface area (Å²) in [5.74, 6) is 0. The van der Waals surface area contributed by atoms with E-state index in [0.717, 1.165) is 17.3 Å². The maximum Gasteiger partial charge on any atom is 0.255 e. The van der Waals surface area contributed by atoms with Crippen LogP contribution in [0.5, 0.6) is 0 Å². The molecule has 1 aromatic heterocycles. The molecule has 1 heterocycles. The molecule has 9 heavy (non-hydrogen) atoms. The van der Waals surface area contributed by atoms with Crippen LogP contribution in [0.1, 0.15) is 12.6 Å². The molecular formula is C6H9NOS. The quantitative estimate of drug-likeness (QED) is 0.592. The van der Waals surface area contributed by atoms with Crippen molar-refractivity contribution >= 4 is 11.8 Å². The summed E-state index contributed by atoms with van der Waals surface area (Å²) in [6, 6.07) is 0. The molecule has 1 aromatic rings. The lowest BCUT2D eigenvalue weighted by Gasteiger charge is -1.80. The fraction of sp³-hybridized carbons (Fsp3) is 0.500. The fourth-order valence-electron chi connectivity index (χ4n) is 0.545. The van der Waals surface area contributed by atoms with Crippen molar-refractivity contribution in [2.45, 2.75) is 18.6 Å². The van der Waals surface area contributed by atoms with Gasteiger partial charge in [-0.3, -0.25) is 0 Å². The second-order valence-electron chi connectivity index (χ2n) is 1.66. The number of hydrogen-bond donors (Lipinski definition) is 0. The number of nitrogens with zero attached hydrogens (tertiary/aromatic N) is 1. The van der Waals surface area contributed by atoms with E-state index in [4.69, 9.17) is 4.42 Å². The topological polar surface area (TPSA) is 26.0 Å². The van der Waals surface area contributed by atoms with Crippen molar-refractivity contribution in [3.8, 4) is 0 Å². The van der Waals surface area contributed by atoms with E-state index in [1.807, 2.05) is 6.26 Å². The molecule has 0 aliphatic carbocycles. The number of aryl methyl sites for hydroxylation is 1. The highest BCUT2D eigenvalue weighted by atomic mass is 32.2. The number of rotatable bonds is 2. The van der Waals surface area contributed by atoms with Gasteiger partial charge in [0.25, 0.3) is 5.22 Å². The molecule has 0 saturated carbocycles. The minimum Gasteiger partial charge on any atom is -0.440 e. The van der Waals surface area contributed by atoms with Crippen LogP contribution in [0.4, 0.5) is 0 Å². The van der Waals surface area contributed by atoms with Gasteiger partial charge in [0, 0.05) is 0 Å². The Labute approximate surface area is 58.7 Å². The van der Waals surface area contributed by atoms with Gasteiger partial charge in [0.15, 0.2) is 0 Å². The minimum absolute atomic E-state index is 0.756. The van der Waals surface area contributed by atoms with Gasteiger partial charge in [-0.1, -0.05) is 18.7 Å². The molecular weight excluding hydrogens is 134 g/mol. The Kier molecular flexibility index (Phi) is 2.16. The van der Waals surface area contributed by atoms with Gasteiger partial charge in [-0.05, 0) is 12.7 Å². The van der Waals surface area contributed by atoms with Crippen LogP contribution in [0.2, 0.25) is 0 Å². The second-order valence-corrected chi connectivity index (χ2v) is 2.42. The van der Waals surface area contributed by atoms with Gasteiger partial charge in [0.05, 0.1) is 5.69 Å². The number of thioether (sulfide) groups is 1. The van der Waals surface area contributed by atoms with Crippen LogP contribution in [0.3, 0.4) is 0 Å². The first-order valence-electron chi connectivity index (χ1n) is 2.85. The summed E-state index contributed by atoms with van der Waals surface area (Å²) in [4.78, 5) is 4.14. The van der Waals surface area contributed by atoms with Crippen molar-refractivity contribution in [1.82, 2.24) is 4.98 Å². The first-order chi connectivity index (χ1) is 4.36. The van der Waals surface area contributed by atoms with E-state index in [0.29, 0.717) is 0 Å². The highest BCUT2D eigenvalue weighted by Crippen LogP contribution is 2.12. The van der Waals surface area contributed by atoms with E-state index in [1.54, 1.807) is 6.26 Å². The Morgan fingerprint density at radius 1 is 1.78 bits per heavy atom. The Morgan fingerprint density at radius 3 is 2.89 bits per heavy atom. The van der Waals surface area contributed by atoms with Gasteiger partial charge >= 0.3 is 0 Å². The summed E-state index contributed by atoms with van der Waals surface area (Å²) in [5.41, 5.74) is 1.03. The lowest BCUT2D eigenvalue weighted by molar-refractivity contribution is 0.454. The molecule has 0 radical (unpaired) electrons. The van der Waals surface area contributed by atoms with Gasteiger partial charge in [0.1, 0.15) is 6.26 Å². The molecule has 0 bridgehead atoms. The molecule has 0 amide bonds. The molecule has 0 saturated heterocycles. The summed E-state index contributed by atoms with van der Waals surface area (Å²) in [7, 11) is 0. The van der Waals surface area contributed by atoms with Crippen LogP contribution < -0.4 is 0 Å². The smallest absolute Gasteiger partial charge is 0.255 e. The molecule has 0 spiro atoms. The normalized spacial score (nSPS) is 10.0. The SMILES string of the molecule is CCc1coc(SC)n1. The van der Waals surface area contributed by atoms with Crippen molar-refractivity contribution in [2.75, 3.05) is 6.26 Å². The maximum atomic E-state index is 5.06. The lowest BCUT2D eigenvalue weighted by Crippen LogP contribution is -1.76. The summed E-state index contributed by atoms with van der Waals surface area (Å²) in [5, 5.41) is 0.756. The van der Waals surface area contributed by atoms with Crippen LogP contribution in [0.15, 0.2) is 15.9 Å². The first kappa shape index (κ1) is 6.68. The molecule has 0 fully saturated rings. The predicted octanol–water partition coefficient (Wildman–Crippen LogP) is 1.96. The van der Waals surface area contributed by atoms with Gasteiger partial charge < -0.3 is 4.42 Å². The molecule has 1 rings (SSSR count). The van der Waals surface area contributed by atoms with Crippen LogP contribution in [0.25, 0.3) is 0 Å². The average Bonchev–Trinajstić information content (AvgIpc) is 2.34. The Morgan fingerprint density at radius 2 is 2.56 bits per heavy atom. The Bertz CT molecular complexity index is 166. The predicted molar refractivity (Wildman–Crippen MR) is 37.7 cm³/mol. The van der Waals surface area contributed by atoms with E-state index in [1.165, 1.54) is 11.8 Å². The molecule has 3 heteroatoms. The Balaban J connectivity index is 2.74. The lowest BCUT2D eigenvalue weighted by atomic mass is 10.4. The van der Waals surface area contributed by atoms with E-state index >= 15 is 0 Å². The van der Waals surface area contributed by atoms with E-state index in [2.05, 4.69) is 11.9 Å². The monoisotopic (exact) mass is 143 g/mol. The minimum atomic E-state index is 0.756. The summed E-state index contributed by atoms with van der Waals surface area (Å²) in [6.45, 7) is 2.06. The van der Waals surface area contributed by atoms with Crippen LogP contribution in [-0.2, 0) is 6.42 Å². The highest BCUT2D eigenvalue weighted by molar-refractivity contribution is 7.98. The summed E-state index contributed by atoms with van der Waals surface area (Å²) in [6.07, 6.45) is 4.60. The van der Waals surface area contributed by atoms with Crippen LogP contribution in [0, 0.1) is 0 Å². The van der Waals surface area contributed by atoms with Gasteiger partial charge in [-0.25, -0.2) is 4.98 Å². The van der Waals surface area contributed by atoms with Crippen molar-refractivity contribution in [3.63, 3.8) is 0 Å². The number of aromatic nitrogens is 1. The molecule has 0 aromatic carbocycles. The zero-order valence-electron chi connectivity index (χ0n) is 5.55. The molecule has 50 valence electrons. The molecule has 0 N–H and O–H groups in total. The zero-order chi connectivity index (χ0) is 6.69. The van der Waals surface area contributed by atoms with E-state index < -0.39 is 0 Å². The van der Waals surface area contributed by atoms with Gasteiger partial charge in [-0.15, -0.1) is 0 Å². The summed E-state index contributed by atoms with van der Waals surface area (Å²) < 4.78 is 5.06. The molecule has 0 aliphatic rings. The zero-order valence-corrected chi connectivity index (χ0v) is 6.36. The second kappa shape index (κ2) is 2.92. The number of oxazole rings is 1. The van der Waals surface area contributed by atoms with Crippen LogP contribution in [-0.4, -0.2) is 11.2 Å². The third kappa shape index (κ3) is 1.48. The van der Waals surface area contributed by atoms with E-state index in [9.17, 15) is 0 Å². The largest absolute Gasteiger partial charge is 0.440 e. The fourth-order valence-corrected chi connectivity index (χ4v) is 0.897. The van der Waals surface area contributed by atoms with E-state index in [-0.39, 0.29) is 0 Å². The third-order valence-corrected chi connectivity index (χ3v) is 1.60. The highest BCUT2D eigenvalue weighted by Gasteiger charge is 1.97. The molecule has 0 unspecified atom stereocenters. The average molecular weight is 143 g/mol. The Hall–Kier alpha value is -0.440. The first-order valence-corrected chi connectivity index (χ1v) is 4.07.